The molecule has 1 unspecified atom stereocenters. The first kappa shape index (κ1) is 15.1. The van der Waals surface area contributed by atoms with Gasteiger partial charge in [-0.1, -0.05) is 31.0 Å². The standard InChI is InChI=1S/C22H27N3/c1-15-9-5-6-10-17(15)25-16(2)20-19(22(25)12-7-8-13-22)21-18(24(20)4)11-14-23(21)3/h5-6,9-11,14,16H,7-8,12-13H2,1-4H3. The lowest BCUT2D eigenvalue weighted by Crippen LogP contribution is -2.41. The van der Waals surface area contributed by atoms with E-state index in [4.69, 9.17) is 0 Å². The van der Waals surface area contributed by atoms with Crippen molar-refractivity contribution in [1.29, 1.82) is 0 Å². The zero-order chi connectivity index (χ0) is 17.3. The third kappa shape index (κ3) is 1.71. The molecule has 1 aliphatic heterocycles. The van der Waals surface area contributed by atoms with Crippen LogP contribution in [0.3, 0.4) is 0 Å². The Morgan fingerprint density at radius 2 is 1.76 bits per heavy atom. The fraction of sp³-hybridized carbons (Fsp3) is 0.455. The molecule has 1 aromatic carbocycles. The van der Waals surface area contributed by atoms with E-state index in [1.165, 1.54) is 53.7 Å². The number of aromatic nitrogens is 2. The summed E-state index contributed by atoms with van der Waals surface area (Å²) >= 11 is 0. The molecule has 2 aromatic heterocycles. The number of benzene rings is 1. The van der Waals surface area contributed by atoms with Gasteiger partial charge in [-0.2, -0.15) is 0 Å². The number of anilines is 1. The topological polar surface area (TPSA) is 13.1 Å². The van der Waals surface area contributed by atoms with E-state index in [0.717, 1.165) is 0 Å². The summed E-state index contributed by atoms with van der Waals surface area (Å²) in [5.74, 6) is 0. The van der Waals surface area contributed by atoms with Gasteiger partial charge in [0.25, 0.3) is 0 Å². The van der Waals surface area contributed by atoms with Gasteiger partial charge in [-0.3, -0.25) is 0 Å². The van der Waals surface area contributed by atoms with E-state index >= 15 is 0 Å². The van der Waals surface area contributed by atoms with Crippen LogP contribution < -0.4 is 4.90 Å². The van der Waals surface area contributed by atoms with E-state index in [9.17, 15) is 0 Å². The van der Waals surface area contributed by atoms with Crippen LogP contribution in [0.2, 0.25) is 0 Å². The normalized spacial score (nSPS) is 21.6. The van der Waals surface area contributed by atoms with Gasteiger partial charge in [0.1, 0.15) is 0 Å². The molecule has 3 heteroatoms. The van der Waals surface area contributed by atoms with E-state index in [1.807, 2.05) is 0 Å². The molecule has 3 aromatic rings. The Morgan fingerprint density at radius 1 is 1.04 bits per heavy atom. The molecule has 0 radical (unpaired) electrons. The first-order chi connectivity index (χ1) is 12.1. The molecule has 25 heavy (non-hydrogen) atoms. The Kier molecular flexibility index (Phi) is 2.99. The van der Waals surface area contributed by atoms with Crippen LogP contribution in [0.15, 0.2) is 36.5 Å². The molecule has 1 saturated carbocycles. The molecule has 0 N–H and O–H groups in total. The predicted octanol–water partition coefficient (Wildman–Crippen LogP) is 5.18. The van der Waals surface area contributed by atoms with Crippen LogP contribution in [-0.2, 0) is 19.6 Å². The molecule has 1 spiro atoms. The van der Waals surface area contributed by atoms with Gasteiger partial charge in [0.15, 0.2) is 0 Å². The number of rotatable bonds is 1. The summed E-state index contributed by atoms with van der Waals surface area (Å²) in [5, 5.41) is 0. The lowest BCUT2D eigenvalue weighted by Gasteiger charge is -2.41. The molecule has 1 atom stereocenters. The van der Waals surface area contributed by atoms with Crippen LogP contribution in [0, 0.1) is 6.92 Å². The molecule has 2 aliphatic rings. The highest BCUT2D eigenvalue weighted by atomic mass is 15.3. The van der Waals surface area contributed by atoms with Crippen molar-refractivity contribution in [2.75, 3.05) is 4.90 Å². The molecule has 130 valence electrons. The Morgan fingerprint density at radius 3 is 2.48 bits per heavy atom. The van der Waals surface area contributed by atoms with Crippen LogP contribution >= 0.6 is 0 Å². The molecule has 1 aliphatic carbocycles. The highest BCUT2D eigenvalue weighted by molar-refractivity contribution is 5.87. The Labute approximate surface area is 149 Å². The van der Waals surface area contributed by atoms with Crippen molar-refractivity contribution in [2.45, 2.75) is 51.1 Å². The number of fused-ring (bicyclic) bond motifs is 4. The first-order valence-corrected chi connectivity index (χ1v) is 9.55. The number of nitrogens with zero attached hydrogens (tertiary/aromatic N) is 3. The average molecular weight is 333 g/mol. The molecule has 0 amide bonds. The van der Waals surface area contributed by atoms with Gasteiger partial charge < -0.3 is 14.0 Å². The summed E-state index contributed by atoms with van der Waals surface area (Å²) in [6, 6.07) is 11.6. The molecule has 0 bridgehead atoms. The smallest absolute Gasteiger partial charge is 0.0720 e. The first-order valence-electron chi connectivity index (χ1n) is 9.55. The van der Waals surface area contributed by atoms with Crippen LogP contribution in [0.4, 0.5) is 5.69 Å². The van der Waals surface area contributed by atoms with E-state index in [-0.39, 0.29) is 5.54 Å². The number of para-hydroxylation sites is 1. The van der Waals surface area contributed by atoms with Crippen molar-refractivity contribution in [3.8, 4) is 0 Å². The van der Waals surface area contributed by atoms with Crippen LogP contribution in [-0.4, -0.2) is 9.13 Å². The Hall–Kier alpha value is -2.16. The number of hydrogen-bond donors (Lipinski definition) is 0. The second-order valence-electron chi connectivity index (χ2n) is 8.05. The van der Waals surface area contributed by atoms with Gasteiger partial charge in [-0.15, -0.1) is 0 Å². The van der Waals surface area contributed by atoms with Crippen LogP contribution in [0.1, 0.15) is 55.5 Å². The van der Waals surface area contributed by atoms with E-state index in [1.54, 1.807) is 5.56 Å². The van der Waals surface area contributed by atoms with Crippen molar-refractivity contribution < 1.29 is 0 Å². The second-order valence-corrected chi connectivity index (χ2v) is 8.05. The predicted molar refractivity (Wildman–Crippen MR) is 104 cm³/mol. The van der Waals surface area contributed by atoms with Gasteiger partial charge in [-0.25, -0.2) is 0 Å². The Bertz CT molecular complexity index is 969. The minimum atomic E-state index is 0.159. The van der Waals surface area contributed by atoms with Crippen molar-refractivity contribution in [2.24, 2.45) is 14.1 Å². The fourth-order valence-corrected chi connectivity index (χ4v) is 5.80. The quantitative estimate of drug-likeness (QED) is 0.598. The van der Waals surface area contributed by atoms with Crippen molar-refractivity contribution in [3.63, 3.8) is 0 Å². The molecular weight excluding hydrogens is 306 g/mol. The highest BCUT2D eigenvalue weighted by Crippen LogP contribution is 2.59. The zero-order valence-corrected chi connectivity index (χ0v) is 15.7. The third-order valence-corrected chi connectivity index (χ3v) is 6.78. The number of hydrogen-bond acceptors (Lipinski definition) is 1. The zero-order valence-electron chi connectivity index (χ0n) is 15.7. The molecule has 0 saturated heterocycles. The van der Waals surface area contributed by atoms with Crippen molar-refractivity contribution >= 4 is 16.7 Å². The largest absolute Gasteiger partial charge is 0.353 e. The maximum absolute atomic E-state index is 2.76. The van der Waals surface area contributed by atoms with E-state index < -0.39 is 0 Å². The Balaban J connectivity index is 1.84. The third-order valence-electron chi connectivity index (χ3n) is 6.78. The summed E-state index contributed by atoms with van der Waals surface area (Å²) in [6.45, 7) is 4.66. The maximum Gasteiger partial charge on any atom is 0.0720 e. The minimum Gasteiger partial charge on any atom is -0.353 e. The van der Waals surface area contributed by atoms with E-state index in [0.29, 0.717) is 6.04 Å². The van der Waals surface area contributed by atoms with Crippen LogP contribution in [0.25, 0.3) is 11.0 Å². The molecule has 3 nitrogen and oxygen atoms in total. The van der Waals surface area contributed by atoms with Gasteiger partial charge in [-0.05, 0) is 44.4 Å². The van der Waals surface area contributed by atoms with E-state index in [2.05, 4.69) is 78.5 Å². The fourth-order valence-electron chi connectivity index (χ4n) is 5.80. The minimum absolute atomic E-state index is 0.159. The molecule has 1 fully saturated rings. The maximum atomic E-state index is 2.76. The van der Waals surface area contributed by atoms with Crippen molar-refractivity contribution in [3.05, 3.63) is 53.3 Å². The van der Waals surface area contributed by atoms with Gasteiger partial charge in [0, 0.05) is 37.2 Å². The van der Waals surface area contributed by atoms with Crippen molar-refractivity contribution in [1.82, 2.24) is 9.13 Å². The summed E-state index contributed by atoms with van der Waals surface area (Å²) in [4.78, 5) is 2.76. The lowest BCUT2D eigenvalue weighted by molar-refractivity contribution is 0.416. The summed E-state index contributed by atoms with van der Waals surface area (Å²) < 4.78 is 4.79. The summed E-state index contributed by atoms with van der Waals surface area (Å²) in [5.41, 5.74) is 8.91. The van der Waals surface area contributed by atoms with Gasteiger partial charge in [0.2, 0.25) is 0 Å². The van der Waals surface area contributed by atoms with Crippen LogP contribution in [0.5, 0.6) is 0 Å². The highest BCUT2D eigenvalue weighted by Gasteiger charge is 2.53. The molecule has 3 heterocycles. The number of aryl methyl sites for hydroxylation is 3. The lowest BCUT2D eigenvalue weighted by atomic mass is 9.88. The molecule has 5 rings (SSSR count). The average Bonchev–Trinajstić information content (AvgIpc) is 3.31. The summed E-state index contributed by atoms with van der Waals surface area (Å²) in [7, 11) is 4.45. The molecular formula is C22H27N3. The SMILES string of the molecule is Cc1ccccc1N1C(C)c2c(c3c(ccn3C)n2C)C12CCCC2. The second kappa shape index (κ2) is 4.94. The van der Waals surface area contributed by atoms with Gasteiger partial charge >= 0.3 is 0 Å². The monoisotopic (exact) mass is 333 g/mol. The summed E-state index contributed by atoms with van der Waals surface area (Å²) in [6.07, 6.45) is 7.41. The van der Waals surface area contributed by atoms with Gasteiger partial charge in [0.05, 0.1) is 22.6 Å².